The van der Waals surface area contributed by atoms with E-state index >= 15 is 0 Å². The maximum Gasteiger partial charge on any atom is 0.314 e. The van der Waals surface area contributed by atoms with Crippen LogP contribution >= 0.6 is 34.7 Å². The SMILES string of the molecule is CCN(CCSc1nc2cc(Cl)ccc2s1)C(N)=O. The first-order valence-electron chi connectivity index (χ1n) is 5.83. The minimum Gasteiger partial charge on any atom is -0.351 e. The molecule has 0 aliphatic rings. The largest absolute Gasteiger partial charge is 0.351 e. The van der Waals surface area contributed by atoms with E-state index in [0.717, 1.165) is 20.3 Å². The molecule has 1 heterocycles. The molecule has 0 bridgehead atoms. The van der Waals surface area contributed by atoms with E-state index < -0.39 is 0 Å². The second-order valence-electron chi connectivity index (χ2n) is 3.86. The Balaban J connectivity index is 1.96. The minimum absolute atomic E-state index is 0.376. The molecule has 1 aromatic heterocycles. The van der Waals surface area contributed by atoms with Crippen molar-refractivity contribution in [3.63, 3.8) is 0 Å². The van der Waals surface area contributed by atoms with Crippen molar-refractivity contribution in [3.8, 4) is 0 Å². The molecule has 102 valence electrons. The Morgan fingerprint density at radius 3 is 3.05 bits per heavy atom. The van der Waals surface area contributed by atoms with Crippen molar-refractivity contribution < 1.29 is 4.79 Å². The van der Waals surface area contributed by atoms with Gasteiger partial charge in [-0.25, -0.2) is 9.78 Å². The molecule has 0 saturated carbocycles. The molecular formula is C12H14ClN3OS2. The molecule has 1 aromatic carbocycles. The summed E-state index contributed by atoms with van der Waals surface area (Å²) in [5, 5.41) is 0.695. The van der Waals surface area contributed by atoms with Crippen molar-refractivity contribution in [1.82, 2.24) is 9.88 Å². The number of urea groups is 1. The van der Waals surface area contributed by atoms with E-state index in [-0.39, 0.29) is 6.03 Å². The molecule has 0 unspecified atom stereocenters. The van der Waals surface area contributed by atoms with Crippen LogP contribution in [0, 0.1) is 0 Å². The lowest BCUT2D eigenvalue weighted by Gasteiger charge is -2.16. The van der Waals surface area contributed by atoms with Gasteiger partial charge in [-0.1, -0.05) is 23.4 Å². The van der Waals surface area contributed by atoms with Crippen molar-refractivity contribution in [2.24, 2.45) is 5.73 Å². The topological polar surface area (TPSA) is 59.2 Å². The Morgan fingerprint density at radius 1 is 1.58 bits per heavy atom. The normalized spacial score (nSPS) is 10.8. The summed E-state index contributed by atoms with van der Waals surface area (Å²) in [6, 6.07) is 5.32. The molecule has 2 aromatic rings. The first-order chi connectivity index (χ1) is 9.10. The summed E-state index contributed by atoms with van der Waals surface area (Å²) in [6.45, 7) is 3.17. The molecule has 2 N–H and O–H groups in total. The van der Waals surface area contributed by atoms with Crippen molar-refractivity contribution in [2.45, 2.75) is 11.3 Å². The number of benzene rings is 1. The highest BCUT2D eigenvalue weighted by atomic mass is 35.5. The summed E-state index contributed by atoms with van der Waals surface area (Å²) in [5.74, 6) is 0.782. The van der Waals surface area contributed by atoms with E-state index in [1.165, 1.54) is 0 Å². The van der Waals surface area contributed by atoms with Crippen molar-refractivity contribution in [3.05, 3.63) is 23.2 Å². The number of nitrogens with zero attached hydrogens (tertiary/aromatic N) is 2. The lowest BCUT2D eigenvalue weighted by Crippen LogP contribution is -2.37. The summed E-state index contributed by atoms with van der Waals surface area (Å²) >= 11 is 9.19. The van der Waals surface area contributed by atoms with Crippen LogP contribution in [0.1, 0.15) is 6.92 Å². The summed E-state index contributed by atoms with van der Waals surface area (Å²) in [7, 11) is 0. The van der Waals surface area contributed by atoms with Gasteiger partial charge < -0.3 is 10.6 Å². The fourth-order valence-corrected chi connectivity index (χ4v) is 3.86. The molecule has 7 heteroatoms. The maximum atomic E-state index is 11.1. The zero-order valence-electron chi connectivity index (χ0n) is 10.4. The number of rotatable bonds is 5. The Labute approximate surface area is 124 Å². The van der Waals surface area contributed by atoms with E-state index in [9.17, 15) is 4.79 Å². The van der Waals surface area contributed by atoms with Gasteiger partial charge in [-0.3, -0.25) is 0 Å². The number of amides is 2. The van der Waals surface area contributed by atoms with Crippen LogP contribution in [0.3, 0.4) is 0 Å². The molecular weight excluding hydrogens is 302 g/mol. The number of carbonyl (C=O) groups excluding carboxylic acids is 1. The van der Waals surface area contributed by atoms with E-state index in [4.69, 9.17) is 17.3 Å². The van der Waals surface area contributed by atoms with Crippen molar-refractivity contribution >= 4 is 50.9 Å². The number of aromatic nitrogens is 1. The predicted octanol–water partition coefficient (Wildman–Crippen LogP) is 3.44. The van der Waals surface area contributed by atoms with Crippen LogP contribution in [0.25, 0.3) is 10.2 Å². The Bertz CT molecular complexity index is 587. The van der Waals surface area contributed by atoms with Gasteiger partial charge in [-0.15, -0.1) is 11.3 Å². The van der Waals surface area contributed by atoms with Gasteiger partial charge in [-0.05, 0) is 25.1 Å². The average Bonchev–Trinajstić information content (AvgIpc) is 2.75. The molecule has 0 radical (unpaired) electrons. The number of thioether (sulfide) groups is 1. The second-order valence-corrected chi connectivity index (χ2v) is 6.67. The van der Waals surface area contributed by atoms with Crippen LogP contribution in [0.2, 0.25) is 5.02 Å². The summed E-state index contributed by atoms with van der Waals surface area (Å²) in [4.78, 5) is 17.2. The van der Waals surface area contributed by atoms with Crippen LogP contribution < -0.4 is 5.73 Å². The fourth-order valence-electron chi connectivity index (χ4n) is 1.61. The summed E-state index contributed by atoms with van der Waals surface area (Å²) < 4.78 is 2.10. The van der Waals surface area contributed by atoms with Crippen molar-refractivity contribution in [2.75, 3.05) is 18.8 Å². The van der Waals surface area contributed by atoms with Gasteiger partial charge in [0.1, 0.15) is 0 Å². The Hall–Kier alpha value is -0.980. The number of carbonyl (C=O) groups is 1. The second kappa shape index (κ2) is 6.45. The Morgan fingerprint density at radius 2 is 2.37 bits per heavy atom. The van der Waals surface area contributed by atoms with E-state index in [0.29, 0.717) is 18.1 Å². The highest BCUT2D eigenvalue weighted by Crippen LogP contribution is 2.30. The molecule has 2 amide bonds. The molecule has 4 nitrogen and oxygen atoms in total. The zero-order chi connectivity index (χ0) is 13.8. The third-order valence-electron chi connectivity index (χ3n) is 2.61. The molecule has 0 spiro atoms. The monoisotopic (exact) mass is 315 g/mol. The van der Waals surface area contributed by atoms with Gasteiger partial charge >= 0.3 is 6.03 Å². The Kier molecular flexibility index (Phi) is 4.90. The van der Waals surface area contributed by atoms with Crippen molar-refractivity contribution in [1.29, 1.82) is 0 Å². The third-order valence-corrected chi connectivity index (χ3v) is 5.00. The van der Waals surface area contributed by atoms with Gasteiger partial charge in [0.2, 0.25) is 0 Å². The third kappa shape index (κ3) is 3.75. The van der Waals surface area contributed by atoms with Gasteiger partial charge in [-0.2, -0.15) is 0 Å². The smallest absolute Gasteiger partial charge is 0.314 e. The zero-order valence-corrected chi connectivity index (χ0v) is 12.8. The van der Waals surface area contributed by atoms with Crippen LogP contribution in [-0.2, 0) is 0 Å². The number of nitrogens with two attached hydrogens (primary N) is 1. The van der Waals surface area contributed by atoms with Gasteiger partial charge in [0.25, 0.3) is 0 Å². The van der Waals surface area contributed by atoms with Crippen LogP contribution in [-0.4, -0.2) is 34.8 Å². The van der Waals surface area contributed by atoms with Crippen LogP contribution in [0.15, 0.2) is 22.5 Å². The standard InChI is InChI=1S/C12H14ClN3OS2/c1-2-16(11(14)17)5-6-18-12-15-9-7-8(13)3-4-10(9)19-12/h3-4,7H,2,5-6H2,1H3,(H2,14,17). The van der Waals surface area contributed by atoms with Gasteiger partial charge in [0.05, 0.1) is 10.2 Å². The molecule has 0 atom stereocenters. The number of fused-ring (bicyclic) bond motifs is 1. The first-order valence-corrected chi connectivity index (χ1v) is 8.01. The summed E-state index contributed by atoms with van der Waals surface area (Å²) in [5.41, 5.74) is 6.17. The van der Waals surface area contributed by atoms with E-state index in [1.807, 2.05) is 25.1 Å². The lowest BCUT2D eigenvalue weighted by molar-refractivity contribution is 0.213. The molecule has 0 aliphatic carbocycles. The fraction of sp³-hybridized carbons (Fsp3) is 0.333. The molecule has 0 saturated heterocycles. The number of hydrogen-bond donors (Lipinski definition) is 1. The molecule has 2 rings (SSSR count). The predicted molar refractivity (Wildman–Crippen MR) is 82.2 cm³/mol. The number of primary amides is 1. The summed E-state index contributed by atoms with van der Waals surface area (Å²) in [6.07, 6.45) is 0. The molecule has 0 aliphatic heterocycles. The number of thiazole rings is 1. The average molecular weight is 316 g/mol. The van der Waals surface area contributed by atoms with Gasteiger partial charge in [0.15, 0.2) is 4.34 Å². The van der Waals surface area contributed by atoms with E-state index in [1.54, 1.807) is 28.0 Å². The highest BCUT2D eigenvalue weighted by Gasteiger charge is 2.08. The van der Waals surface area contributed by atoms with Crippen LogP contribution in [0.5, 0.6) is 0 Å². The maximum absolute atomic E-state index is 11.1. The van der Waals surface area contributed by atoms with Crippen LogP contribution in [0.4, 0.5) is 4.79 Å². The molecule has 0 fully saturated rings. The number of halogens is 1. The van der Waals surface area contributed by atoms with Gasteiger partial charge in [0, 0.05) is 23.9 Å². The number of hydrogen-bond acceptors (Lipinski definition) is 4. The minimum atomic E-state index is -0.376. The lowest BCUT2D eigenvalue weighted by atomic mass is 10.3. The van der Waals surface area contributed by atoms with E-state index in [2.05, 4.69) is 4.98 Å². The quantitative estimate of drug-likeness (QED) is 0.860. The highest BCUT2D eigenvalue weighted by molar-refractivity contribution is 8.01. The molecule has 19 heavy (non-hydrogen) atoms. The first kappa shape index (κ1) is 14.4.